The summed E-state index contributed by atoms with van der Waals surface area (Å²) in [6.45, 7) is 1.93. The number of methoxy groups -OCH3 is 1. The molecule has 0 aliphatic rings. The lowest BCUT2D eigenvalue weighted by Gasteiger charge is -2.13. The SMILES string of the molecule is COc1c(Cl)cc(Cl)cc1C(=O)Nc1cc(-c2nc3ccccc3s2)ccc1C. The molecule has 3 aromatic carbocycles. The van der Waals surface area contributed by atoms with E-state index in [1.54, 1.807) is 11.3 Å². The van der Waals surface area contributed by atoms with Crippen molar-refractivity contribution in [2.24, 2.45) is 0 Å². The number of amides is 1. The summed E-state index contributed by atoms with van der Waals surface area (Å²) in [5.41, 5.74) is 3.77. The Hall–Kier alpha value is -2.60. The summed E-state index contributed by atoms with van der Waals surface area (Å²) in [7, 11) is 1.46. The van der Waals surface area contributed by atoms with E-state index in [-0.39, 0.29) is 22.2 Å². The largest absolute Gasteiger partial charge is 0.494 e. The van der Waals surface area contributed by atoms with E-state index in [1.165, 1.54) is 19.2 Å². The Morgan fingerprint density at radius 3 is 2.66 bits per heavy atom. The fourth-order valence-corrected chi connectivity index (χ4v) is 4.54. The van der Waals surface area contributed by atoms with Crippen LogP contribution < -0.4 is 10.1 Å². The van der Waals surface area contributed by atoms with Gasteiger partial charge in [-0.1, -0.05) is 47.5 Å². The van der Waals surface area contributed by atoms with E-state index in [0.29, 0.717) is 10.7 Å². The zero-order valence-electron chi connectivity index (χ0n) is 15.6. The van der Waals surface area contributed by atoms with Gasteiger partial charge in [0, 0.05) is 16.3 Å². The Balaban J connectivity index is 1.69. The summed E-state index contributed by atoms with van der Waals surface area (Å²) in [6.07, 6.45) is 0. The second kappa shape index (κ2) is 8.03. The molecule has 0 saturated carbocycles. The minimum Gasteiger partial charge on any atom is -0.494 e. The molecule has 1 N–H and O–H groups in total. The van der Waals surface area contributed by atoms with Crippen molar-refractivity contribution in [3.63, 3.8) is 0 Å². The zero-order chi connectivity index (χ0) is 20.5. The van der Waals surface area contributed by atoms with E-state index >= 15 is 0 Å². The van der Waals surface area contributed by atoms with Crippen molar-refractivity contribution in [3.8, 4) is 16.3 Å². The molecule has 1 amide bonds. The van der Waals surface area contributed by atoms with E-state index in [2.05, 4.69) is 5.32 Å². The van der Waals surface area contributed by atoms with Gasteiger partial charge in [0.05, 0.1) is 27.9 Å². The summed E-state index contributed by atoms with van der Waals surface area (Å²) in [4.78, 5) is 17.6. The quantitative estimate of drug-likeness (QED) is 0.376. The molecule has 4 aromatic rings. The maximum Gasteiger partial charge on any atom is 0.259 e. The minimum absolute atomic E-state index is 0.273. The number of carbonyl (C=O) groups excluding carboxylic acids is 1. The lowest BCUT2D eigenvalue weighted by Crippen LogP contribution is -2.14. The summed E-state index contributed by atoms with van der Waals surface area (Å²) in [5.74, 6) is -0.0654. The van der Waals surface area contributed by atoms with Crippen molar-refractivity contribution >= 4 is 56.3 Å². The van der Waals surface area contributed by atoms with Crippen molar-refractivity contribution in [1.29, 1.82) is 0 Å². The molecule has 4 rings (SSSR count). The van der Waals surface area contributed by atoms with Crippen molar-refractivity contribution in [2.75, 3.05) is 12.4 Å². The van der Waals surface area contributed by atoms with Gasteiger partial charge in [-0.15, -0.1) is 11.3 Å². The third-order valence-electron chi connectivity index (χ3n) is 4.48. The maximum absolute atomic E-state index is 12.9. The van der Waals surface area contributed by atoms with Crippen LogP contribution in [0.5, 0.6) is 5.75 Å². The molecule has 0 aliphatic carbocycles. The van der Waals surface area contributed by atoms with Crippen LogP contribution >= 0.6 is 34.5 Å². The van der Waals surface area contributed by atoms with Crippen LogP contribution in [-0.2, 0) is 0 Å². The first kappa shape index (κ1) is 19.7. The normalized spacial score (nSPS) is 10.9. The first-order valence-corrected chi connectivity index (χ1v) is 10.3. The van der Waals surface area contributed by atoms with Crippen LogP contribution in [0.1, 0.15) is 15.9 Å². The number of nitrogens with zero attached hydrogens (tertiary/aromatic N) is 1. The number of rotatable bonds is 4. The molecule has 7 heteroatoms. The second-order valence-electron chi connectivity index (χ2n) is 6.44. The second-order valence-corrected chi connectivity index (χ2v) is 8.31. The molecule has 0 radical (unpaired) electrons. The van der Waals surface area contributed by atoms with E-state index in [4.69, 9.17) is 32.9 Å². The summed E-state index contributed by atoms with van der Waals surface area (Å²) >= 11 is 13.8. The van der Waals surface area contributed by atoms with Crippen LogP contribution in [0.4, 0.5) is 5.69 Å². The van der Waals surface area contributed by atoms with Crippen molar-refractivity contribution in [2.45, 2.75) is 6.92 Å². The van der Waals surface area contributed by atoms with Crippen molar-refractivity contribution in [3.05, 3.63) is 75.8 Å². The topological polar surface area (TPSA) is 51.2 Å². The standard InChI is InChI=1S/C22H16Cl2N2O2S/c1-12-7-8-13(22-26-17-5-3-4-6-19(17)29-22)9-18(12)25-21(27)15-10-14(23)11-16(24)20(15)28-2/h3-11H,1-2H3,(H,25,27). The number of para-hydroxylation sites is 1. The average Bonchev–Trinajstić information content (AvgIpc) is 3.13. The molecule has 0 unspecified atom stereocenters. The number of anilines is 1. The molecule has 1 heterocycles. The van der Waals surface area contributed by atoms with Crippen LogP contribution in [0.15, 0.2) is 54.6 Å². The minimum atomic E-state index is -0.351. The molecule has 0 aliphatic heterocycles. The van der Waals surface area contributed by atoms with Gasteiger partial charge in [-0.3, -0.25) is 4.79 Å². The van der Waals surface area contributed by atoms with Crippen LogP contribution in [0.3, 0.4) is 0 Å². The number of hydrogen-bond donors (Lipinski definition) is 1. The van der Waals surface area contributed by atoms with Crippen molar-refractivity contribution in [1.82, 2.24) is 4.98 Å². The molecular formula is C22H16Cl2N2O2S. The van der Waals surface area contributed by atoms with E-state index in [0.717, 1.165) is 26.4 Å². The van der Waals surface area contributed by atoms with Crippen LogP contribution in [-0.4, -0.2) is 18.0 Å². The third-order valence-corrected chi connectivity index (χ3v) is 6.07. The Bertz CT molecular complexity index is 1200. The fraction of sp³-hybridized carbons (Fsp3) is 0.0909. The lowest BCUT2D eigenvalue weighted by atomic mass is 10.1. The fourth-order valence-electron chi connectivity index (χ4n) is 3.01. The molecule has 1 aromatic heterocycles. The molecule has 4 nitrogen and oxygen atoms in total. The highest BCUT2D eigenvalue weighted by Crippen LogP contribution is 2.35. The van der Waals surface area contributed by atoms with E-state index < -0.39 is 0 Å². The molecule has 0 atom stereocenters. The number of aromatic nitrogens is 1. The summed E-state index contributed by atoms with van der Waals surface area (Å²) in [6, 6.07) is 16.9. The molecule has 0 bridgehead atoms. The Morgan fingerprint density at radius 1 is 1.10 bits per heavy atom. The highest BCUT2D eigenvalue weighted by molar-refractivity contribution is 7.21. The number of benzene rings is 3. The molecule has 0 spiro atoms. The Labute approximate surface area is 182 Å². The number of aryl methyl sites for hydroxylation is 1. The Kier molecular flexibility index (Phi) is 5.46. The number of fused-ring (bicyclic) bond motifs is 1. The molecule has 0 saturated heterocycles. The monoisotopic (exact) mass is 442 g/mol. The average molecular weight is 443 g/mol. The molecule has 29 heavy (non-hydrogen) atoms. The number of thiazole rings is 1. The van der Waals surface area contributed by atoms with Gasteiger partial charge in [0.15, 0.2) is 0 Å². The van der Waals surface area contributed by atoms with Crippen molar-refractivity contribution < 1.29 is 9.53 Å². The van der Waals surface area contributed by atoms with Gasteiger partial charge < -0.3 is 10.1 Å². The van der Waals surface area contributed by atoms with Crippen LogP contribution in [0.2, 0.25) is 10.0 Å². The van der Waals surface area contributed by atoms with Crippen LogP contribution in [0.25, 0.3) is 20.8 Å². The maximum atomic E-state index is 12.9. The van der Waals surface area contributed by atoms with Gasteiger partial charge in [0.1, 0.15) is 10.8 Å². The highest BCUT2D eigenvalue weighted by Gasteiger charge is 2.18. The van der Waals surface area contributed by atoms with Crippen LogP contribution in [0, 0.1) is 6.92 Å². The lowest BCUT2D eigenvalue weighted by molar-refractivity contribution is 0.102. The third kappa shape index (κ3) is 3.94. The Morgan fingerprint density at radius 2 is 1.90 bits per heavy atom. The number of halogens is 2. The number of carbonyl (C=O) groups is 1. The van der Waals surface area contributed by atoms with Gasteiger partial charge in [-0.25, -0.2) is 4.98 Å². The smallest absolute Gasteiger partial charge is 0.259 e. The first-order valence-electron chi connectivity index (χ1n) is 8.77. The summed E-state index contributed by atoms with van der Waals surface area (Å²) in [5, 5.41) is 4.48. The number of hydrogen-bond acceptors (Lipinski definition) is 4. The van der Waals surface area contributed by atoms with Gasteiger partial charge in [-0.2, -0.15) is 0 Å². The van der Waals surface area contributed by atoms with Gasteiger partial charge >= 0.3 is 0 Å². The molecule has 0 fully saturated rings. The number of nitrogens with one attached hydrogen (secondary N) is 1. The van der Waals surface area contributed by atoms with E-state index in [1.807, 2.05) is 49.4 Å². The number of ether oxygens (including phenoxy) is 1. The zero-order valence-corrected chi connectivity index (χ0v) is 18.0. The van der Waals surface area contributed by atoms with E-state index in [9.17, 15) is 4.79 Å². The van der Waals surface area contributed by atoms with Gasteiger partial charge in [0.2, 0.25) is 0 Å². The highest BCUT2D eigenvalue weighted by atomic mass is 35.5. The predicted octanol–water partition coefficient (Wildman–Crippen LogP) is 6.84. The molecular weight excluding hydrogens is 427 g/mol. The first-order chi connectivity index (χ1) is 14.0. The van der Waals surface area contributed by atoms with Gasteiger partial charge in [-0.05, 0) is 42.8 Å². The predicted molar refractivity (Wildman–Crippen MR) is 121 cm³/mol. The summed E-state index contributed by atoms with van der Waals surface area (Å²) < 4.78 is 6.40. The molecule has 146 valence electrons. The van der Waals surface area contributed by atoms with Gasteiger partial charge in [0.25, 0.3) is 5.91 Å².